The summed E-state index contributed by atoms with van der Waals surface area (Å²) in [4.78, 5) is 80.7. The van der Waals surface area contributed by atoms with Gasteiger partial charge in [0, 0.05) is 61.8 Å². The number of esters is 2. The Hall–Kier alpha value is -4.92. The van der Waals surface area contributed by atoms with E-state index in [1.165, 1.54) is 47.0 Å². The van der Waals surface area contributed by atoms with Crippen LogP contribution in [0.25, 0.3) is 0 Å². The minimum Gasteiger partial charge on any atom is -0.462 e. The minimum atomic E-state index is -2.08. The van der Waals surface area contributed by atoms with E-state index in [-0.39, 0.29) is 39.3 Å². The third kappa shape index (κ3) is 8.51. The second-order valence-electron chi connectivity index (χ2n) is 14.9. The van der Waals surface area contributed by atoms with Crippen LogP contribution in [-0.2, 0) is 28.6 Å². The average Bonchev–Trinajstić information content (AvgIpc) is 3.39. The van der Waals surface area contributed by atoms with Crippen molar-refractivity contribution in [1.82, 2.24) is 5.32 Å². The number of carbonyl (C=O) groups excluding carboxylic acids is 6. The van der Waals surface area contributed by atoms with Crippen LogP contribution in [0.5, 0.6) is 11.5 Å². The highest BCUT2D eigenvalue weighted by atomic mass is 16.7. The molecule has 0 radical (unpaired) electrons. The molecular weight excluding hydrogens is 714 g/mol. The Morgan fingerprint density at radius 1 is 0.927 bits per heavy atom. The first-order valence-corrected chi connectivity index (χ1v) is 18.2. The molecule has 9 unspecified atom stereocenters. The highest BCUT2D eigenvalue weighted by molar-refractivity contribution is 6.31. The van der Waals surface area contributed by atoms with Gasteiger partial charge in [-0.05, 0) is 19.9 Å². The van der Waals surface area contributed by atoms with Crippen molar-refractivity contribution in [3.05, 3.63) is 70.2 Å². The zero-order valence-corrected chi connectivity index (χ0v) is 33.0. The van der Waals surface area contributed by atoms with Crippen LogP contribution in [0.3, 0.4) is 0 Å². The zero-order valence-electron chi connectivity index (χ0n) is 33.0. The third-order valence-corrected chi connectivity index (χ3v) is 10.5. The van der Waals surface area contributed by atoms with Crippen LogP contribution in [0.4, 0.5) is 0 Å². The number of Topliss-reactive ketones (excluding diaryl/α,β-unsaturated/α-hetero) is 2. The van der Waals surface area contributed by atoms with E-state index < -0.39 is 101 Å². The first-order chi connectivity index (χ1) is 25.7. The van der Waals surface area contributed by atoms with E-state index in [1.807, 2.05) is 0 Å². The molecule has 9 atom stereocenters. The smallest absolute Gasteiger partial charge is 0.313 e. The average molecular weight is 766 g/mol. The Morgan fingerprint density at radius 2 is 1.58 bits per heavy atom. The van der Waals surface area contributed by atoms with Crippen molar-refractivity contribution in [2.24, 2.45) is 29.6 Å². The highest BCUT2D eigenvalue weighted by Gasteiger charge is 2.52. The van der Waals surface area contributed by atoms with E-state index >= 15 is 0 Å². The first-order valence-electron chi connectivity index (χ1n) is 18.2. The number of aliphatic hydroxyl groups is 2. The van der Waals surface area contributed by atoms with Crippen LogP contribution in [0.2, 0.25) is 0 Å². The highest BCUT2D eigenvalue weighted by Crippen LogP contribution is 2.48. The Labute approximate surface area is 320 Å². The van der Waals surface area contributed by atoms with Crippen LogP contribution in [0, 0.1) is 36.5 Å². The van der Waals surface area contributed by atoms with Crippen LogP contribution < -0.4 is 14.8 Å². The number of fused-ring (bicyclic) bond motifs is 14. The van der Waals surface area contributed by atoms with Crippen LogP contribution in [0.15, 0.2) is 47.9 Å². The maximum Gasteiger partial charge on any atom is 0.313 e. The predicted molar refractivity (Wildman–Crippen MR) is 198 cm³/mol. The number of methoxy groups -OCH3 is 1. The largest absolute Gasteiger partial charge is 0.462 e. The molecule has 4 aliphatic rings. The van der Waals surface area contributed by atoms with Crippen molar-refractivity contribution in [2.45, 2.75) is 99.4 Å². The summed E-state index contributed by atoms with van der Waals surface area (Å²) in [5.41, 5.74) is -1.23. The van der Waals surface area contributed by atoms with Crippen LogP contribution in [0.1, 0.15) is 99.0 Å². The maximum atomic E-state index is 14.2. The molecule has 1 aromatic rings. The molecule has 0 saturated heterocycles. The number of rotatable bonds is 4. The molecule has 14 nitrogen and oxygen atoms in total. The molecule has 298 valence electrons. The molecule has 1 aromatic carbocycles. The summed E-state index contributed by atoms with van der Waals surface area (Å²) < 4.78 is 29.1. The number of benzene rings is 1. The lowest BCUT2D eigenvalue weighted by Gasteiger charge is -2.38. The molecule has 55 heavy (non-hydrogen) atoms. The Kier molecular flexibility index (Phi) is 13.1. The lowest BCUT2D eigenvalue weighted by atomic mass is 9.78. The number of carbonyl (C=O) groups is 6. The van der Waals surface area contributed by atoms with Gasteiger partial charge < -0.3 is 39.2 Å². The lowest BCUT2D eigenvalue weighted by molar-refractivity contribution is -0.160. The Bertz CT molecular complexity index is 1890. The number of nitrogens with one attached hydrogen (secondary N) is 1. The van der Waals surface area contributed by atoms with E-state index in [2.05, 4.69) is 5.32 Å². The summed E-state index contributed by atoms with van der Waals surface area (Å²) in [5.74, 6) is -10.2. The quantitative estimate of drug-likeness (QED) is 0.286. The van der Waals surface area contributed by atoms with E-state index in [0.717, 1.165) is 12.3 Å². The first kappa shape index (κ1) is 42.8. The number of allylic oxidation sites excluding steroid dienone is 4. The molecule has 3 heterocycles. The Balaban J connectivity index is 1.90. The molecule has 0 aromatic heterocycles. The summed E-state index contributed by atoms with van der Waals surface area (Å²) in [5, 5.41) is 25.1. The number of hydrogen-bond acceptors (Lipinski definition) is 13. The molecule has 3 N–H and O–H groups in total. The fraction of sp³-hybridized carbons (Fsp3) is 0.512. The molecular formula is C41H51NO13. The molecule has 1 aliphatic carbocycles. The van der Waals surface area contributed by atoms with E-state index in [0.29, 0.717) is 0 Å². The van der Waals surface area contributed by atoms with Crippen LogP contribution in [-0.4, -0.2) is 82.7 Å². The summed E-state index contributed by atoms with van der Waals surface area (Å²) >= 11 is 0. The molecule has 0 fully saturated rings. The van der Waals surface area contributed by atoms with Gasteiger partial charge in [-0.15, -0.1) is 0 Å². The monoisotopic (exact) mass is 765 g/mol. The van der Waals surface area contributed by atoms with Gasteiger partial charge in [0.2, 0.25) is 5.78 Å². The van der Waals surface area contributed by atoms with Gasteiger partial charge in [-0.3, -0.25) is 28.8 Å². The fourth-order valence-electron chi connectivity index (χ4n) is 6.95. The normalized spacial score (nSPS) is 30.3. The number of aliphatic hydroxyl groups excluding tert-OH is 2. The van der Waals surface area contributed by atoms with Crippen molar-refractivity contribution in [3.63, 3.8) is 0 Å². The minimum absolute atomic E-state index is 0.0681. The standard InChI is InChI=1S/C41H51NO13/c1-18(2)40(50)54-36-24(8)37-31-29-27(44)17-26(34(47)30(29)36)42-39(49)20(4)14-12-13-19(3)32(45)22(6)33(46)23(7)35(53-25(9)43)21(5)28(51-11)15-16-52-41(10,55-37)38(31)48/h12-19,21-23,28,32-33,35,45-46H,1-11H3,(H,42,49). The van der Waals surface area contributed by atoms with Gasteiger partial charge in [-0.25, -0.2) is 0 Å². The molecule has 5 rings (SSSR count). The molecule has 0 saturated carbocycles. The van der Waals surface area contributed by atoms with Crippen molar-refractivity contribution in [3.8, 4) is 11.5 Å². The molecule has 5 bridgehead atoms. The van der Waals surface area contributed by atoms with Crippen molar-refractivity contribution < 1.29 is 62.7 Å². The summed E-state index contributed by atoms with van der Waals surface area (Å²) in [7, 11) is 1.42. The van der Waals surface area contributed by atoms with Gasteiger partial charge in [0.25, 0.3) is 11.7 Å². The SMILES string of the molecule is COC1C=COC2(C)Oc3c(C)c(OC(=O)C(C)C)c4c(c3C2=O)C(=O)C=C(NC(=O)C(C)=CC=CC(C)C(O)C(C)C(O)C(C)C(OC(C)=O)C1C)C4=O. The zero-order chi connectivity index (χ0) is 41.3. The van der Waals surface area contributed by atoms with Gasteiger partial charge in [0.15, 0.2) is 5.78 Å². The third-order valence-electron chi connectivity index (χ3n) is 10.5. The maximum absolute atomic E-state index is 14.2. The predicted octanol–water partition coefficient (Wildman–Crippen LogP) is 4.49. The topological polar surface area (TPSA) is 201 Å². The lowest BCUT2D eigenvalue weighted by Crippen LogP contribution is -2.46. The van der Waals surface area contributed by atoms with E-state index in [9.17, 15) is 39.0 Å². The molecule has 3 aliphatic heterocycles. The summed E-state index contributed by atoms with van der Waals surface area (Å²) in [6.07, 6.45) is 4.24. The second kappa shape index (κ2) is 16.8. The second-order valence-corrected chi connectivity index (χ2v) is 14.9. The molecule has 14 heteroatoms. The van der Waals surface area contributed by atoms with Gasteiger partial charge in [-0.2, -0.15) is 0 Å². The molecule has 1 amide bonds. The van der Waals surface area contributed by atoms with Crippen LogP contribution >= 0.6 is 0 Å². The number of amides is 1. The molecule has 0 spiro atoms. The summed E-state index contributed by atoms with van der Waals surface area (Å²) in [6.45, 7) is 15.5. The van der Waals surface area contributed by atoms with Crippen molar-refractivity contribution >= 4 is 35.2 Å². The van der Waals surface area contributed by atoms with E-state index in [4.69, 9.17) is 23.7 Å². The van der Waals surface area contributed by atoms with Gasteiger partial charge >= 0.3 is 17.7 Å². The van der Waals surface area contributed by atoms with Gasteiger partial charge in [-0.1, -0.05) is 59.8 Å². The van der Waals surface area contributed by atoms with Gasteiger partial charge in [0.1, 0.15) is 17.6 Å². The number of ether oxygens (including phenoxy) is 5. The summed E-state index contributed by atoms with van der Waals surface area (Å²) in [6, 6.07) is 0. The van der Waals surface area contributed by atoms with Gasteiger partial charge in [0.05, 0.1) is 52.9 Å². The van der Waals surface area contributed by atoms with Crippen molar-refractivity contribution in [1.29, 1.82) is 0 Å². The fourth-order valence-corrected chi connectivity index (χ4v) is 6.95. The van der Waals surface area contributed by atoms with E-state index in [1.54, 1.807) is 53.7 Å². The van der Waals surface area contributed by atoms with Crippen molar-refractivity contribution in [2.75, 3.05) is 7.11 Å². The Morgan fingerprint density at radius 3 is 2.18 bits per heavy atom. The number of hydrogen-bond donors (Lipinski definition) is 3. The number of ketones is 3.